The van der Waals surface area contributed by atoms with E-state index >= 15 is 0 Å². The molecule has 4 nitrogen and oxygen atoms in total. The topological polar surface area (TPSA) is 35.6 Å². The molecule has 22 heavy (non-hydrogen) atoms. The maximum absolute atomic E-state index is 12.5. The number of carbonyl (C=O) groups is 1. The predicted molar refractivity (Wildman–Crippen MR) is 88.0 cm³/mol. The largest absolute Gasteiger partial charge is 0.316 e. The van der Waals surface area contributed by atoms with Crippen LogP contribution in [0.3, 0.4) is 0 Å². The lowest BCUT2D eigenvalue weighted by atomic mass is 10.1. The Labute approximate surface area is 132 Å². The fourth-order valence-electron chi connectivity index (χ4n) is 4.37. The molecule has 3 atom stereocenters. The molecule has 3 fully saturated rings. The molecule has 1 aromatic carbocycles. The van der Waals surface area contributed by atoms with Crippen LogP contribution in [0.25, 0.3) is 0 Å². The van der Waals surface area contributed by atoms with Crippen molar-refractivity contribution in [2.24, 2.45) is 17.8 Å². The van der Waals surface area contributed by atoms with Gasteiger partial charge >= 0.3 is 0 Å². The molecule has 2 saturated heterocycles. The van der Waals surface area contributed by atoms with Crippen LogP contribution in [0.5, 0.6) is 0 Å². The SMILES string of the molecule is Cc1cc(C)cc(N2CCN(CC3[C@H]4CNC[C@@H]34)CC2=O)c1. The summed E-state index contributed by atoms with van der Waals surface area (Å²) in [6.07, 6.45) is 0. The molecule has 3 aliphatic rings. The third-order valence-electron chi connectivity index (χ3n) is 5.56. The Bertz CT molecular complexity index is 570. The van der Waals surface area contributed by atoms with Crippen molar-refractivity contribution in [3.8, 4) is 0 Å². The lowest BCUT2D eigenvalue weighted by Crippen LogP contribution is -2.51. The monoisotopic (exact) mass is 299 g/mol. The number of piperidine rings is 1. The molecule has 2 aliphatic heterocycles. The Morgan fingerprint density at radius 2 is 1.77 bits per heavy atom. The first kappa shape index (κ1) is 14.2. The molecule has 1 N–H and O–H groups in total. The summed E-state index contributed by atoms with van der Waals surface area (Å²) in [5.41, 5.74) is 3.52. The van der Waals surface area contributed by atoms with Gasteiger partial charge in [0.25, 0.3) is 0 Å². The molecule has 0 aromatic heterocycles. The average Bonchev–Trinajstić information content (AvgIpc) is 2.90. The molecule has 1 saturated carbocycles. The van der Waals surface area contributed by atoms with Gasteiger partial charge in [0, 0.05) is 25.3 Å². The van der Waals surface area contributed by atoms with Gasteiger partial charge in [0.15, 0.2) is 0 Å². The van der Waals surface area contributed by atoms with Crippen LogP contribution in [0.2, 0.25) is 0 Å². The molecule has 0 radical (unpaired) electrons. The molecule has 4 rings (SSSR count). The zero-order chi connectivity index (χ0) is 15.3. The van der Waals surface area contributed by atoms with E-state index in [1.165, 1.54) is 24.2 Å². The first-order chi connectivity index (χ1) is 10.6. The minimum atomic E-state index is 0.250. The van der Waals surface area contributed by atoms with Crippen molar-refractivity contribution >= 4 is 11.6 Å². The number of fused-ring (bicyclic) bond motifs is 1. The molecule has 4 heteroatoms. The van der Waals surface area contributed by atoms with Crippen LogP contribution in [-0.2, 0) is 4.79 Å². The second-order valence-electron chi connectivity index (χ2n) is 7.28. The predicted octanol–water partition coefficient (Wildman–Crippen LogP) is 1.42. The quantitative estimate of drug-likeness (QED) is 0.917. The fraction of sp³-hybridized carbons (Fsp3) is 0.611. The molecule has 0 bridgehead atoms. The molecule has 0 spiro atoms. The maximum Gasteiger partial charge on any atom is 0.241 e. The Kier molecular flexibility index (Phi) is 3.46. The number of hydrogen-bond donors (Lipinski definition) is 1. The summed E-state index contributed by atoms with van der Waals surface area (Å²) in [7, 11) is 0. The normalized spacial score (nSPS) is 31.5. The van der Waals surface area contributed by atoms with Crippen molar-refractivity contribution < 1.29 is 4.79 Å². The molecule has 118 valence electrons. The number of anilines is 1. The van der Waals surface area contributed by atoms with Crippen LogP contribution >= 0.6 is 0 Å². The Balaban J connectivity index is 1.39. The Morgan fingerprint density at radius 3 is 2.41 bits per heavy atom. The fourth-order valence-corrected chi connectivity index (χ4v) is 4.37. The van der Waals surface area contributed by atoms with Crippen molar-refractivity contribution in [1.82, 2.24) is 10.2 Å². The summed E-state index contributed by atoms with van der Waals surface area (Å²) in [6.45, 7) is 10.1. The van der Waals surface area contributed by atoms with Crippen molar-refractivity contribution in [2.45, 2.75) is 13.8 Å². The molecular formula is C18H25N3O. The number of aryl methyl sites for hydroxylation is 2. The minimum absolute atomic E-state index is 0.250. The standard InChI is InChI=1S/C18H25N3O/c1-12-5-13(2)7-14(6-12)21-4-3-20(11-18(21)22)10-17-15-8-19-9-16(15)17/h5-7,15-17,19H,3-4,8-11H2,1-2H3/t15-,16+,17?. The molecule has 1 unspecified atom stereocenters. The molecule has 1 amide bonds. The summed E-state index contributed by atoms with van der Waals surface area (Å²) < 4.78 is 0. The van der Waals surface area contributed by atoms with Crippen LogP contribution in [-0.4, -0.2) is 50.1 Å². The van der Waals surface area contributed by atoms with E-state index in [0.29, 0.717) is 6.54 Å². The van der Waals surface area contributed by atoms with Gasteiger partial charge in [0.05, 0.1) is 6.54 Å². The lowest BCUT2D eigenvalue weighted by Gasteiger charge is -2.35. The second-order valence-corrected chi connectivity index (χ2v) is 7.28. The van der Waals surface area contributed by atoms with E-state index < -0.39 is 0 Å². The van der Waals surface area contributed by atoms with Gasteiger partial charge in [0.2, 0.25) is 5.91 Å². The van der Waals surface area contributed by atoms with E-state index in [9.17, 15) is 4.79 Å². The third kappa shape index (κ3) is 2.55. The number of benzene rings is 1. The minimum Gasteiger partial charge on any atom is -0.316 e. The number of rotatable bonds is 3. The summed E-state index contributed by atoms with van der Waals surface area (Å²) >= 11 is 0. The molecule has 1 aliphatic carbocycles. The van der Waals surface area contributed by atoms with Crippen molar-refractivity contribution in [3.05, 3.63) is 29.3 Å². The van der Waals surface area contributed by atoms with E-state index in [4.69, 9.17) is 0 Å². The molecule has 2 heterocycles. The zero-order valence-electron chi connectivity index (χ0n) is 13.5. The highest BCUT2D eigenvalue weighted by molar-refractivity contribution is 5.95. The summed E-state index contributed by atoms with van der Waals surface area (Å²) in [6, 6.07) is 6.40. The van der Waals surface area contributed by atoms with Crippen molar-refractivity contribution in [2.75, 3.05) is 44.2 Å². The second kappa shape index (κ2) is 5.36. The van der Waals surface area contributed by atoms with Gasteiger partial charge in [-0.1, -0.05) is 6.07 Å². The van der Waals surface area contributed by atoms with Gasteiger partial charge in [-0.05, 0) is 68.0 Å². The highest BCUT2D eigenvalue weighted by Gasteiger charge is 2.53. The highest BCUT2D eigenvalue weighted by Crippen LogP contribution is 2.48. The highest BCUT2D eigenvalue weighted by atomic mass is 16.2. The summed E-state index contributed by atoms with van der Waals surface area (Å²) in [5.74, 6) is 2.85. The molecular weight excluding hydrogens is 274 g/mol. The van der Waals surface area contributed by atoms with Gasteiger partial charge in [-0.3, -0.25) is 9.69 Å². The average molecular weight is 299 g/mol. The Hall–Kier alpha value is -1.39. The van der Waals surface area contributed by atoms with Crippen molar-refractivity contribution in [3.63, 3.8) is 0 Å². The van der Waals surface area contributed by atoms with E-state index in [1.807, 2.05) is 4.90 Å². The van der Waals surface area contributed by atoms with Gasteiger partial charge in [-0.15, -0.1) is 0 Å². The molecule has 1 aromatic rings. The number of amides is 1. The number of hydrogen-bond acceptors (Lipinski definition) is 3. The van der Waals surface area contributed by atoms with E-state index in [1.54, 1.807) is 0 Å². The Morgan fingerprint density at radius 1 is 1.09 bits per heavy atom. The summed E-state index contributed by atoms with van der Waals surface area (Å²) in [4.78, 5) is 16.9. The lowest BCUT2D eigenvalue weighted by molar-refractivity contribution is -0.121. The van der Waals surface area contributed by atoms with Gasteiger partial charge in [-0.2, -0.15) is 0 Å². The van der Waals surface area contributed by atoms with E-state index in [0.717, 1.165) is 43.1 Å². The maximum atomic E-state index is 12.5. The van der Waals surface area contributed by atoms with Crippen LogP contribution in [0.4, 0.5) is 5.69 Å². The number of nitrogens with zero attached hydrogens (tertiary/aromatic N) is 2. The van der Waals surface area contributed by atoms with Gasteiger partial charge in [-0.25, -0.2) is 0 Å². The first-order valence-electron chi connectivity index (χ1n) is 8.43. The van der Waals surface area contributed by atoms with E-state index in [-0.39, 0.29) is 5.91 Å². The van der Waals surface area contributed by atoms with Gasteiger partial charge in [0.1, 0.15) is 0 Å². The van der Waals surface area contributed by atoms with Crippen molar-refractivity contribution in [1.29, 1.82) is 0 Å². The van der Waals surface area contributed by atoms with Crippen LogP contribution in [0, 0.1) is 31.6 Å². The third-order valence-corrected chi connectivity index (χ3v) is 5.56. The smallest absolute Gasteiger partial charge is 0.241 e. The number of nitrogens with one attached hydrogen (secondary N) is 1. The van der Waals surface area contributed by atoms with Crippen LogP contribution < -0.4 is 10.2 Å². The first-order valence-corrected chi connectivity index (χ1v) is 8.43. The van der Waals surface area contributed by atoms with E-state index in [2.05, 4.69) is 42.3 Å². The zero-order valence-corrected chi connectivity index (χ0v) is 13.5. The van der Waals surface area contributed by atoms with Gasteiger partial charge < -0.3 is 10.2 Å². The number of piperazine rings is 1. The number of carbonyl (C=O) groups excluding carboxylic acids is 1. The van der Waals surface area contributed by atoms with Crippen LogP contribution in [0.1, 0.15) is 11.1 Å². The van der Waals surface area contributed by atoms with Crippen LogP contribution in [0.15, 0.2) is 18.2 Å². The summed E-state index contributed by atoms with van der Waals surface area (Å²) in [5, 5.41) is 3.44.